The third-order valence-electron chi connectivity index (χ3n) is 3.58. The van der Waals surface area contributed by atoms with Crippen molar-refractivity contribution in [2.45, 2.75) is 25.8 Å². The molecule has 0 spiro atoms. The summed E-state index contributed by atoms with van der Waals surface area (Å²) >= 11 is 0. The van der Waals surface area contributed by atoms with E-state index in [1.807, 2.05) is 0 Å². The van der Waals surface area contributed by atoms with E-state index in [0.29, 0.717) is 17.3 Å². The lowest BCUT2D eigenvalue weighted by Gasteiger charge is -2.27. The summed E-state index contributed by atoms with van der Waals surface area (Å²) in [6, 6.07) is 7.23. The van der Waals surface area contributed by atoms with Gasteiger partial charge in [0.25, 0.3) is 0 Å². The van der Waals surface area contributed by atoms with Gasteiger partial charge in [-0.25, -0.2) is 4.79 Å². The smallest absolute Gasteiger partial charge is 0.339 e. The molecule has 1 aliphatic rings. The summed E-state index contributed by atoms with van der Waals surface area (Å²) in [5, 5.41) is 6.16. The summed E-state index contributed by atoms with van der Waals surface area (Å²) in [6.45, 7) is 2.92. The molecule has 2 rings (SSSR count). The van der Waals surface area contributed by atoms with Gasteiger partial charge >= 0.3 is 5.97 Å². The summed E-state index contributed by atoms with van der Waals surface area (Å²) in [6.07, 6.45) is 1.63. The number of hydrogen-bond donors (Lipinski definition) is 2. The predicted molar refractivity (Wildman–Crippen MR) is 76.6 cm³/mol. The number of methoxy groups -OCH3 is 1. The van der Waals surface area contributed by atoms with Crippen molar-refractivity contribution in [1.29, 1.82) is 0 Å². The minimum Gasteiger partial charge on any atom is -0.465 e. The van der Waals surface area contributed by atoms with Crippen molar-refractivity contribution >= 4 is 17.6 Å². The van der Waals surface area contributed by atoms with Crippen molar-refractivity contribution in [3.63, 3.8) is 0 Å². The van der Waals surface area contributed by atoms with E-state index in [-0.39, 0.29) is 11.8 Å². The van der Waals surface area contributed by atoms with Crippen LogP contribution < -0.4 is 10.6 Å². The average Bonchev–Trinajstić information content (AvgIpc) is 2.47. The molecule has 5 nitrogen and oxygen atoms in total. The molecule has 1 fully saturated rings. The number of benzene rings is 1. The molecular weight excluding hydrogens is 256 g/mol. The summed E-state index contributed by atoms with van der Waals surface area (Å²) in [5.74, 6) is -0.494. The number of rotatable bonds is 3. The molecule has 0 aliphatic carbocycles. The lowest BCUT2D eigenvalue weighted by atomic mass is 9.92. The molecule has 1 heterocycles. The number of carbonyl (C=O) groups is 2. The summed E-state index contributed by atoms with van der Waals surface area (Å²) in [4.78, 5) is 23.9. The number of para-hydroxylation sites is 1. The van der Waals surface area contributed by atoms with E-state index in [2.05, 4.69) is 17.6 Å². The highest BCUT2D eigenvalue weighted by Gasteiger charge is 2.25. The Hall–Kier alpha value is -1.88. The molecule has 1 amide bonds. The zero-order valence-electron chi connectivity index (χ0n) is 11.8. The quantitative estimate of drug-likeness (QED) is 0.826. The highest BCUT2D eigenvalue weighted by molar-refractivity contribution is 6.01. The summed E-state index contributed by atoms with van der Waals surface area (Å²) in [7, 11) is 1.33. The van der Waals surface area contributed by atoms with Crippen molar-refractivity contribution in [2.24, 2.45) is 5.92 Å². The van der Waals surface area contributed by atoms with Gasteiger partial charge in [-0.1, -0.05) is 12.1 Å². The largest absolute Gasteiger partial charge is 0.465 e. The van der Waals surface area contributed by atoms with E-state index < -0.39 is 5.97 Å². The zero-order chi connectivity index (χ0) is 14.5. The van der Waals surface area contributed by atoms with Gasteiger partial charge in [-0.2, -0.15) is 0 Å². The third kappa shape index (κ3) is 3.36. The first-order chi connectivity index (χ1) is 9.61. The van der Waals surface area contributed by atoms with Gasteiger partial charge in [0.1, 0.15) is 0 Å². The number of hydrogen-bond acceptors (Lipinski definition) is 4. The zero-order valence-corrected chi connectivity index (χ0v) is 11.8. The van der Waals surface area contributed by atoms with Crippen molar-refractivity contribution in [3.05, 3.63) is 29.8 Å². The Balaban J connectivity index is 2.09. The van der Waals surface area contributed by atoms with E-state index in [4.69, 9.17) is 4.74 Å². The van der Waals surface area contributed by atoms with E-state index >= 15 is 0 Å². The molecule has 1 aromatic carbocycles. The van der Waals surface area contributed by atoms with E-state index in [9.17, 15) is 9.59 Å². The Morgan fingerprint density at radius 1 is 1.35 bits per heavy atom. The van der Waals surface area contributed by atoms with Crippen LogP contribution >= 0.6 is 0 Å². The highest BCUT2D eigenvalue weighted by atomic mass is 16.5. The molecular formula is C15H20N2O3. The van der Waals surface area contributed by atoms with Crippen LogP contribution in [0.4, 0.5) is 5.69 Å². The first kappa shape index (κ1) is 14.5. The van der Waals surface area contributed by atoms with Gasteiger partial charge in [0.2, 0.25) is 5.91 Å². The Labute approximate surface area is 118 Å². The molecule has 0 aromatic heterocycles. The first-order valence-electron chi connectivity index (χ1n) is 6.83. The number of nitrogens with one attached hydrogen (secondary N) is 2. The lowest BCUT2D eigenvalue weighted by Crippen LogP contribution is -2.40. The van der Waals surface area contributed by atoms with Crippen LogP contribution in [0, 0.1) is 5.92 Å². The molecule has 20 heavy (non-hydrogen) atoms. The number of carbonyl (C=O) groups excluding carboxylic acids is 2. The Morgan fingerprint density at radius 3 is 2.80 bits per heavy atom. The van der Waals surface area contributed by atoms with Gasteiger partial charge < -0.3 is 15.4 Å². The van der Waals surface area contributed by atoms with Crippen LogP contribution in [0.5, 0.6) is 0 Å². The molecule has 0 radical (unpaired) electrons. The Morgan fingerprint density at radius 2 is 2.10 bits per heavy atom. The molecule has 2 unspecified atom stereocenters. The molecule has 0 saturated carbocycles. The second kappa shape index (κ2) is 6.52. The van der Waals surface area contributed by atoms with Gasteiger partial charge in [0.15, 0.2) is 0 Å². The van der Waals surface area contributed by atoms with Crippen molar-refractivity contribution < 1.29 is 14.3 Å². The monoisotopic (exact) mass is 276 g/mol. The highest BCUT2D eigenvalue weighted by Crippen LogP contribution is 2.21. The van der Waals surface area contributed by atoms with Gasteiger partial charge in [0, 0.05) is 12.0 Å². The molecule has 5 heteroatoms. The number of piperidine rings is 1. The van der Waals surface area contributed by atoms with Crippen LogP contribution in [-0.4, -0.2) is 31.6 Å². The SMILES string of the molecule is COC(=O)c1ccccc1NC(=O)C1CCNC(C)C1. The topological polar surface area (TPSA) is 67.4 Å². The maximum absolute atomic E-state index is 12.3. The van der Waals surface area contributed by atoms with Gasteiger partial charge in [-0.05, 0) is 38.4 Å². The van der Waals surface area contributed by atoms with Gasteiger partial charge in [-0.15, -0.1) is 0 Å². The number of anilines is 1. The fraction of sp³-hybridized carbons (Fsp3) is 0.467. The summed E-state index contributed by atoms with van der Waals surface area (Å²) in [5.41, 5.74) is 0.890. The molecule has 0 bridgehead atoms. The van der Waals surface area contributed by atoms with Crippen LogP contribution in [0.3, 0.4) is 0 Å². The van der Waals surface area contributed by atoms with Crippen LogP contribution in [0.25, 0.3) is 0 Å². The van der Waals surface area contributed by atoms with Crippen LogP contribution in [0.2, 0.25) is 0 Å². The van der Waals surface area contributed by atoms with Crippen LogP contribution in [0.1, 0.15) is 30.1 Å². The Kier molecular flexibility index (Phi) is 4.74. The molecule has 2 N–H and O–H groups in total. The fourth-order valence-electron chi connectivity index (χ4n) is 2.48. The lowest BCUT2D eigenvalue weighted by molar-refractivity contribution is -0.120. The molecule has 1 saturated heterocycles. The maximum atomic E-state index is 12.3. The third-order valence-corrected chi connectivity index (χ3v) is 3.58. The molecule has 1 aromatic rings. The van der Waals surface area contributed by atoms with Crippen molar-refractivity contribution in [2.75, 3.05) is 19.0 Å². The first-order valence-corrected chi connectivity index (χ1v) is 6.83. The van der Waals surface area contributed by atoms with E-state index in [0.717, 1.165) is 19.4 Å². The number of esters is 1. The van der Waals surface area contributed by atoms with Crippen LogP contribution in [0.15, 0.2) is 24.3 Å². The second-order valence-corrected chi connectivity index (χ2v) is 5.10. The number of amides is 1. The Bertz CT molecular complexity index is 502. The van der Waals surface area contributed by atoms with Gasteiger partial charge in [-0.3, -0.25) is 4.79 Å². The molecule has 2 atom stereocenters. The average molecular weight is 276 g/mol. The maximum Gasteiger partial charge on any atom is 0.339 e. The molecule has 1 aliphatic heterocycles. The number of ether oxygens (including phenoxy) is 1. The normalized spacial score (nSPS) is 22.1. The fourth-order valence-corrected chi connectivity index (χ4v) is 2.48. The minimum absolute atomic E-state index is 0.0167. The van der Waals surface area contributed by atoms with Crippen LogP contribution in [-0.2, 0) is 9.53 Å². The minimum atomic E-state index is -0.445. The van der Waals surface area contributed by atoms with Gasteiger partial charge in [0.05, 0.1) is 18.4 Å². The van der Waals surface area contributed by atoms with Crippen molar-refractivity contribution in [1.82, 2.24) is 5.32 Å². The van der Waals surface area contributed by atoms with Crippen molar-refractivity contribution in [3.8, 4) is 0 Å². The summed E-state index contributed by atoms with van der Waals surface area (Å²) < 4.78 is 4.72. The second-order valence-electron chi connectivity index (χ2n) is 5.10. The predicted octanol–water partition coefficient (Wildman–Crippen LogP) is 1.80. The standard InChI is InChI=1S/C15H20N2O3/c1-10-9-11(7-8-16-10)14(18)17-13-6-4-3-5-12(13)15(19)20-2/h3-6,10-11,16H,7-9H2,1-2H3,(H,17,18). The molecule has 108 valence electrons. The van der Waals surface area contributed by atoms with E-state index in [1.165, 1.54) is 7.11 Å². The van der Waals surface area contributed by atoms with E-state index in [1.54, 1.807) is 24.3 Å².